The van der Waals surface area contributed by atoms with Gasteiger partial charge in [0.2, 0.25) is 0 Å². The minimum Gasteiger partial charge on any atom is -0.496 e. The standard InChI is InChI=1S/C14H21NO2/c1-9-4-7-13(17-3)12(8-9)14(16)10(2)15-11-5-6-11/h4,7-8,10-11,14-16H,5-6H2,1-3H3. The number of ether oxygens (including phenoxy) is 1. The second-order valence-corrected chi connectivity index (χ2v) is 4.92. The Morgan fingerprint density at radius 2 is 2.12 bits per heavy atom. The number of aliphatic hydroxyl groups is 1. The van der Waals surface area contributed by atoms with Gasteiger partial charge in [-0.05, 0) is 38.8 Å². The molecule has 17 heavy (non-hydrogen) atoms. The third-order valence-electron chi connectivity index (χ3n) is 3.25. The summed E-state index contributed by atoms with van der Waals surface area (Å²) in [6.45, 7) is 4.04. The van der Waals surface area contributed by atoms with Crippen molar-refractivity contribution in [2.45, 2.75) is 44.9 Å². The molecule has 1 fully saturated rings. The summed E-state index contributed by atoms with van der Waals surface area (Å²) in [7, 11) is 1.64. The highest BCUT2D eigenvalue weighted by molar-refractivity contribution is 5.39. The molecule has 2 N–H and O–H groups in total. The third kappa shape index (κ3) is 2.99. The van der Waals surface area contributed by atoms with Gasteiger partial charge in [-0.15, -0.1) is 0 Å². The summed E-state index contributed by atoms with van der Waals surface area (Å²) in [5.74, 6) is 0.757. The lowest BCUT2D eigenvalue weighted by Crippen LogP contribution is -2.33. The molecule has 2 rings (SSSR count). The van der Waals surface area contributed by atoms with Gasteiger partial charge in [0.15, 0.2) is 0 Å². The quantitative estimate of drug-likeness (QED) is 0.822. The smallest absolute Gasteiger partial charge is 0.124 e. The third-order valence-corrected chi connectivity index (χ3v) is 3.25. The number of nitrogens with one attached hydrogen (secondary N) is 1. The SMILES string of the molecule is COc1ccc(C)cc1C(O)C(C)NC1CC1. The van der Waals surface area contributed by atoms with Crippen LogP contribution < -0.4 is 10.1 Å². The molecule has 0 saturated heterocycles. The molecule has 0 heterocycles. The average molecular weight is 235 g/mol. The largest absolute Gasteiger partial charge is 0.496 e. The van der Waals surface area contributed by atoms with Crippen molar-refractivity contribution in [1.29, 1.82) is 0 Å². The minimum absolute atomic E-state index is 0.0539. The molecule has 0 aliphatic heterocycles. The van der Waals surface area contributed by atoms with Crippen molar-refractivity contribution in [3.63, 3.8) is 0 Å². The van der Waals surface area contributed by atoms with E-state index in [4.69, 9.17) is 4.74 Å². The summed E-state index contributed by atoms with van der Waals surface area (Å²) in [5, 5.41) is 13.8. The molecule has 0 bridgehead atoms. The van der Waals surface area contributed by atoms with Crippen molar-refractivity contribution < 1.29 is 9.84 Å². The lowest BCUT2D eigenvalue weighted by molar-refractivity contribution is 0.132. The number of benzene rings is 1. The fraction of sp³-hybridized carbons (Fsp3) is 0.571. The Labute approximate surface area is 103 Å². The van der Waals surface area contributed by atoms with Crippen LogP contribution in [0, 0.1) is 6.92 Å². The van der Waals surface area contributed by atoms with E-state index in [-0.39, 0.29) is 6.04 Å². The van der Waals surface area contributed by atoms with Crippen LogP contribution in [-0.4, -0.2) is 24.3 Å². The van der Waals surface area contributed by atoms with Gasteiger partial charge in [-0.3, -0.25) is 0 Å². The lowest BCUT2D eigenvalue weighted by atomic mass is 10.0. The van der Waals surface area contributed by atoms with E-state index in [0.717, 1.165) is 16.9 Å². The molecule has 3 nitrogen and oxygen atoms in total. The first-order valence-electron chi connectivity index (χ1n) is 6.20. The monoisotopic (exact) mass is 235 g/mol. The number of methoxy groups -OCH3 is 1. The van der Waals surface area contributed by atoms with Crippen molar-refractivity contribution in [3.8, 4) is 5.75 Å². The first-order valence-corrected chi connectivity index (χ1v) is 6.20. The second-order valence-electron chi connectivity index (χ2n) is 4.92. The zero-order chi connectivity index (χ0) is 12.4. The topological polar surface area (TPSA) is 41.5 Å². The summed E-state index contributed by atoms with van der Waals surface area (Å²) in [6.07, 6.45) is 1.93. The number of aryl methyl sites for hydroxylation is 1. The Bertz CT molecular complexity index is 388. The summed E-state index contributed by atoms with van der Waals surface area (Å²) in [4.78, 5) is 0. The number of aliphatic hydroxyl groups excluding tert-OH is 1. The Hall–Kier alpha value is -1.06. The van der Waals surface area contributed by atoms with Gasteiger partial charge in [-0.2, -0.15) is 0 Å². The number of hydrogen-bond donors (Lipinski definition) is 2. The van der Waals surface area contributed by atoms with Crippen molar-refractivity contribution >= 4 is 0 Å². The summed E-state index contributed by atoms with van der Waals surface area (Å²) in [6, 6.07) is 6.55. The van der Waals surface area contributed by atoms with Crippen LogP contribution in [0.5, 0.6) is 5.75 Å². The normalized spacial score (nSPS) is 18.8. The molecular weight excluding hydrogens is 214 g/mol. The Kier molecular flexibility index (Phi) is 3.69. The Morgan fingerprint density at radius 3 is 2.71 bits per heavy atom. The van der Waals surface area contributed by atoms with Gasteiger partial charge in [-0.1, -0.05) is 11.6 Å². The molecule has 1 aromatic rings. The zero-order valence-electron chi connectivity index (χ0n) is 10.7. The molecule has 94 valence electrons. The second kappa shape index (κ2) is 5.07. The molecule has 3 heteroatoms. The lowest BCUT2D eigenvalue weighted by Gasteiger charge is -2.22. The van der Waals surface area contributed by atoms with Crippen LogP contribution in [-0.2, 0) is 0 Å². The maximum Gasteiger partial charge on any atom is 0.124 e. The molecule has 1 aromatic carbocycles. The van der Waals surface area contributed by atoms with Crippen LogP contribution in [0.3, 0.4) is 0 Å². The molecule has 0 spiro atoms. The van der Waals surface area contributed by atoms with Gasteiger partial charge in [0, 0.05) is 17.6 Å². The summed E-state index contributed by atoms with van der Waals surface area (Å²) >= 11 is 0. The predicted molar refractivity (Wildman–Crippen MR) is 68.3 cm³/mol. The van der Waals surface area contributed by atoms with Crippen molar-refractivity contribution in [1.82, 2.24) is 5.32 Å². The van der Waals surface area contributed by atoms with Crippen LogP contribution in [0.25, 0.3) is 0 Å². The molecular formula is C14H21NO2. The molecule has 1 saturated carbocycles. The molecule has 2 atom stereocenters. The summed E-state index contributed by atoms with van der Waals surface area (Å²) < 4.78 is 5.30. The molecule has 2 unspecified atom stereocenters. The first-order chi connectivity index (χ1) is 8.11. The van der Waals surface area contributed by atoms with Crippen LogP contribution in [0.2, 0.25) is 0 Å². The van der Waals surface area contributed by atoms with Crippen LogP contribution >= 0.6 is 0 Å². The summed E-state index contributed by atoms with van der Waals surface area (Å²) in [5.41, 5.74) is 2.01. The van der Waals surface area contributed by atoms with E-state index >= 15 is 0 Å². The van der Waals surface area contributed by atoms with Crippen LogP contribution in [0.1, 0.15) is 37.0 Å². The predicted octanol–water partition coefficient (Wildman–Crippen LogP) is 2.18. The van der Waals surface area contributed by atoms with Gasteiger partial charge in [0.1, 0.15) is 5.75 Å². The minimum atomic E-state index is -0.523. The molecule has 0 amide bonds. The van der Waals surface area contributed by atoms with E-state index in [1.165, 1.54) is 12.8 Å². The van der Waals surface area contributed by atoms with Gasteiger partial charge in [0.05, 0.1) is 13.2 Å². The maximum atomic E-state index is 10.4. The highest BCUT2D eigenvalue weighted by atomic mass is 16.5. The van der Waals surface area contributed by atoms with Gasteiger partial charge in [0.25, 0.3) is 0 Å². The highest BCUT2D eigenvalue weighted by Crippen LogP contribution is 2.30. The molecule has 0 radical (unpaired) electrons. The molecule has 1 aliphatic carbocycles. The van der Waals surface area contributed by atoms with Gasteiger partial charge < -0.3 is 15.2 Å². The van der Waals surface area contributed by atoms with E-state index in [1.807, 2.05) is 32.0 Å². The average Bonchev–Trinajstić information content (AvgIpc) is 3.11. The fourth-order valence-corrected chi connectivity index (χ4v) is 2.07. The number of hydrogen-bond acceptors (Lipinski definition) is 3. The molecule has 1 aliphatic rings. The number of rotatable bonds is 5. The van der Waals surface area contributed by atoms with Crippen LogP contribution in [0.15, 0.2) is 18.2 Å². The van der Waals surface area contributed by atoms with Crippen molar-refractivity contribution in [2.24, 2.45) is 0 Å². The van der Waals surface area contributed by atoms with E-state index < -0.39 is 6.10 Å². The molecule has 0 aromatic heterocycles. The first kappa shape index (κ1) is 12.4. The zero-order valence-corrected chi connectivity index (χ0v) is 10.7. The Morgan fingerprint density at radius 1 is 1.41 bits per heavy atom. The van der Waals surface area contributed by atoms with E-state index in [0.29, 0.717) is 6.04 Å². The highest BCUT2D eigenvalue weighted by Gasteiger charge is 2.27. The van der Waals surface area contributed by atoms with Gasteiger partial charge in [-0.25, -0.2) is 0 Å². The van der Waals surface area contributed by atoms with Gasteiger partial charge >= 0.3 is 0 Å². The van der Waals surface area contributed by atoms with Crippen LogP contribution in [0.4, 0.5) is 0 Å². The maximum absolute atomic E-state index is 10.4. The van der Waals surface area contributed by atoms with Crippen molar-refractivity contribution in [2.75, 3.05) is 7.11 Å². The van der Waals surface area contributed by atoms with Crippen molar-refractivity contribution in [3.05, 3.63) is 29.3 Å². The Balaban J connectivity index is 2.15. The van der Waals surface area contributed by atoms with E-state index in [1.54, 1.807) is 7.11 Å². The van der Waals surface area contributed by atoms with E-state index in [9.17, 15) is 5.11 Å². The van der Waals surface area contributed by atoms with E-state index in [2.05, 4.69) is 5.32 Å². The fourth-order valence-electron chi connectivity index (χ4n) is 2.07.